The maximum Gasteiger partial charge on any atom is 0.179 e. The minimum Gasteiger partial charge on any atom is -0.497 e. The van der Waals surface area contributed by atoms with Crippen molar-refractivity contribution in [3.8, 4) is 5.75 Å². The normalized spacial score (nSPS) is 20.4. The number of Topliss-reactive ketones (excluding diaryl/α,β-unsaturated/α-hetero) is 1. The van der Waals surface area contributed by atoms with Crippen LogP contribution >= 0.6 is 0 Å². The van der Waals surface area contributed by atoms with E-state index < -0.39 is 0 Å². The summed E-state index contributed by atoms with van der Waals surface area (Å²) < 4.78 is 5.13. The predicted octanol–water partition coefficient (Wildman–Crippen LogP) is 3.39. The first-order valence-corrected chi connectivity index (χ1v) is 7.35. The summed E-state index contributed by atoms with van der Waals surface area (Å²) in [6.07, 6.45) is 2.32. The van der Waals surface area contributed by atoms with Crippen LogP contribution in [-0.4, -0.2) is 36.9 Å². The van der Waals surface area contributed by atoms with Crippen molar-refractivity contribution in [2.75, 3.05) is 20.2 Å². The molecular formula is C17H25NO2. The highest BCUT2D eigenvalue weighted by molar-refractivity contribution is 5.99. The Morgan fingerprint density at radius 1 is 1.20 bits per heavy atom. The van der Waals surface area contributed by atoms with Crippen LogP contribution in [-0.2, 0) is 0 Å². The zero-order chi connectivity index (χ0) is 14.8. The van der Waals surface area contributed by atoms with Crippen LogP contribution in [0.3, 0.4) is 0 Å². The summed E-state index contributed by atoms with van der Waals surface area (Å²) in [7, 11) is 1.63. The molecule has 1 aromatic carbocycles. The lowest BCUT2D eigenvalue weighted by Gasteiger charge is -2.39. The molecule has 20 heavy (non-hydrogen) atoms. The van der Waals surface area contributed by atoms with Crippen LogP contribution in [0.2, 0.25) is 0 Å². The maximum absolute atomic E-state index is 12.5. The molecule has 0 amide bonds. The molecule has 0 N–H and O–H groups in total. The minimum absolute atomic E-state index is 0.0421. The molecule has 1 fully saturated rings. The van der Waals surface area contributed by atoms with Gasteiger partial charge in [-0.1, -0.05) is 13.8 Å². The Labute approximate surface area is 121 Å². The Kier molecular flexibility index (Phi) is 4.48. The lowest BCUT2D eigenvalue weighted by molar-refractivity contribution is 0.0687. The lowest BCUT2D eigenvalue weighted by atomic mass is 9.82. The van der Waals surface area contributed by atoms with Crippen LogP contribution in [0.1, 0.15) is 44.0 Å². The van der Waals surface area contributed by atoms with Gasteiger partial charge in [-0.3, -0.25) is 9.69 Å². The predicted molar refractivity (Wildman–Crippen MR) is 81.4 cm³/mol. The number of hydrogen-bond donors (Lipinski definition) is 0. The summed E-state index contributed by atoms with van der Waals surface area (Å²) in [6, 6.07) is 7.36. The summed E-state index contributed by atoms with van der Waals surface area (Å²) in [6.45, 7) is 8.65. The van der Waals surface area contributed by atoms with E-state index in [9.17, 15) is 4.79 Å². The van der Waals surface area contributed by atoms with E-state index in [0.29, 0.717) is 5.41 Å². The van der Waals surface area contributed by atoms with Gasteiger partial charge in [-0.2, -0.15) is 0 Å². The van der Waals surface area contributed by atoms with Gasteiger partial charge in [0.15, 0.2) is 5.78 Å². The van der Waals surface area contributed by atoms with E-state index in [1.165, 1.54) is 0 Å². The van der Waals surface area contributed by atoms with Crippen molar-refractivity contribution in [2.45, 2.75) is 39.7 Å². The summed E-state index contributed by atoms with van der Waals surface area (Å²) in [5, 5.41) is 0. The number of likely N-dealkylation sites (tertiary alicyclic amines) is 1. The molecule has 1 heterocycles. The van der Waals surface area contributed by atoms with Crippen molar-refractivity contribution in [3.63, 3.8) is 0 Å². The molecule has 1 atom stereocenters. The molecular weight excluding hydrogens is 250 g/mol. The molecule has 0 aliphatic carbocycles. The first-order chi connectivity index (χ1) is 9.43. The molecule has 3 nitrogen and oxygen atoms in total. The molecule has 0 spiro atoms. The zero-order valence-electron chi connectivity index (χ0n) is 13.0. The van der Waals surface area contributed by atoms with Crippen molar-refractivity contribution in [2.24, 2.45) is 5.41 Å². The van der Waals surface area contributed by atoms with E-state index in [-0.39, 0.29) is 11.8 Å². The quantitative estimate of drug-likeness (QED) is 0.789. The number of nitrogens with zero attached hydrogens (tertiary/aromatic N) is 1. The average Bonchev–Trinajstić information content (AvgIpc) is 2.46. The topological polar surface area (TPSA) is 29.5 Å². The molecule has 0 saturated carbocycles. The molecule has 0 radical (unpaired) electrons. The molecule has 110 valence electrons. The standard InChI is InChI=1S/C17H25NO2/c1-13(18-11-9-17(2,3)10-12-18)16(19)14-5-7-15(20-4)8-6-14/h5-8,13H,9-12H2,1-4H3. The molecule has 0 aromatic heterocycles. The van der Waals surface area contributed by atoms with Gasteiger partial charge in [-0.05, 0) is 62.5 Å². The number of ether oxygens (including phenoxy) is 1. The zero-order valence-corrected chi connectivity index (χ0v) is 13.0. The van der Waals surface area contributed by atoms with Gasteiger partial charge in [0.05, 0.1) is 13.2 Å². The number of ketones is 1. The Morgan fingerprint density at radius 3 is 2.25 bits per heavy atom. The number of carbonyl (C=O) groups excluding carboxylic acids is 1. The molecule has 3 heteroatoms. The van der Waals surface area contributed by atoms with Crippen LogP contribution < -0.4 is 4.74 Å². The SMILES string of the molecule is COc1ccc(C(=O)C(C)N2CCC(C)(C)CC2)cc1. The summed E-state index contributed by atoms with van der Waals surface area (Å²) in [4.78, 5) is 14.8. The number of methoxy groups -OCH3 is 1. The highest BCUT2D eigenvalue weighted by Crippen LogP contribution is 2.31. The number of hydrogen-bond acceptors (Lipinski definition) is 3. The van der Waals surface area contributed by atoms with E-state index in [4.69, 9.17) is 4.74 Å². The number of carbonyl (C=O) groups is 1. The monoisotopic (exact) mass is 275 g/mol. The van der Waals surface area contributed by atoms with Crippen LogP contribution in [0.5, 0.6) is 5.75 Å². The van der Waals surface area contributed by atoms with Gasteiger partial charge in [0.1, 0.15) is 5.75 Å². The van der Waals surface area contributed by atoms with E-state index in [0.717, 1.165) is 37.2 Å². The third-order valence-electron chi connectivity index (χ3n) is 4.45. The second kappa shape index (κ2) is 5.96. The van der Waals surface area contributed by atoms with Gasteiger partial charge in [0.25, 0.3) is 0 Å². The van der Waals surface area contributed by atoms with Crippen molar-refractivity contribution in [3.05, 3.63) is 29.8 Å². The third kappa shape index (κ3) is 3.40. The highest BCUT2D eigenvalue weighted by atomic mass is 16.5. The van der Waals surface area contributed by atoms with Crippen LogP contribution in [0.15, 0.2) is 24.3 Å². The fourth-order valence-corrected chi connectivity index (χ4v) is 2.68. The smallest absolute Gasteiger partial charge is 0.179 e. The van der Waals surface area contributed by atoms with Crippen molar-refractivity contribution in [1.29, 1.82) is 0 Å². The van der Waals surface area contributed by atoms with Gasteiger partial charge in [0.2, 0.25) is 0 Å². The van der Waals surface area contributed by atoms with Gasteiger partial charge < -0.3 is 4.74 Å². The summed E-state index contributed by atoms with van der Waals surface area (Å²) in [5.41, 5.74) is 1.18. The molecule has 2 rings (SSSR count). The molecule has 1 unspecified atom stereocenters. The van der Waals surface area contributed by atoms with Crippen LogP contribution in [0.4, 0.5) is 0 Å². The third-order valence-corrected chi connectivity index (χ3v) is 4.45. The second-order valence-corrected chi connectivity index (χ2v) is 6.47. The Hall–Kier alpha value is -1.35. The number of piperidine rings is 1. The van der Waals surface area contributed by atoms with E-state index in [1.807, 2.05) is 31.2 Å². The molecule has 0 bridgehead atoms. The fourth-order valence-electron chi connectivity index (χ4n) is 2.68. The Morgan fingerprint density at radius 2 is 1.75 bits per heavy atom. The first kappa shape index (κ1) is 15.0. The summed E-state index contributed by atoms with van der Waals surface area (Å²) in [5.74, 6) is 0.987. The van der Waals surface area contributed by atoms with Crippen molar-refractivity contribution < 1.29 is 9.53 Å². The lowest BCUT2D eigenvalue weighted by Crippen LogP contribution is -2.45. The van der Waals surface area contributed by atoms with Gasteiger partial charge in [-0.15, -0.1) is 0 Å². The average molecular weight is 275 g/mol. The molecule has 1 aromatic rings. The van der Waals surface area contributed by atoms with E-state index >= 15 is 0 Å². The second-order valence-electron chi connectivity index (χ2n) is 6.47. The largest absolute Gasteiger partial charge is 0.497 e. The van der Waals surface area contributed by atoms with E-state index in [2.05, 4.69) is 18.7 Å². The van der Waals surface area contributed by atoms with E-state index in [1.54, 1.807) is 7.11 Å². The van der Waals surface area contributed by atoms with Crippen molar-refractivity contribution >= 4 is 5.78 Å². The Bertz CT molecular complexity index is 454. The number of rotatable bonds is 4. The van der Waals surface area contributed by atoms with Gasteiger partial charge in [-0.25, -0.2) is 0 Å². The molecule has 1 aliphatic heterocycles. The fraction of sp³-hybridized carbons (Fsp3) is 0.588. The first-order valence-electron chi connectivity index (χ1n) is 7.35. The highest BCUT2D eigenvalue weighted by Gasteiger charge is 2.30. The minimum atomic E-state index is -0.0421. The maximum atomic E-state index is 12.5. The van der Waals surface area contributed by atoms with Gasteiger partial charge >= 0.3 is 0 Å². The summed E-state index contributed by atoms with van der Waals surface area (Å²) >= 11 is 0. The molecule has 1 aliphatic rings. The van der Waals surface area contributed by atoms with Crippen LogP contribution in [0, 0.1) is 5.41 Å². The van der Waals surface area contributed by atoms with Crippen LogP contribution in [0.25, 0.3) is 0 Å². The van der Waals surface area contributed by atoms with Gasteiger partial charge in [0, 0.05) is 5.56 Å². The van der Waals surface area contributed by atoms with Crippen molar-refractivity contribution in [1.82, 2.24) is 4.90 Å². The number of benzene rings is 1. The Balaban J connectivity index is 2.01. The molecule has 1 saturated heterocycles.